The number of fused-ring (bicyclic) bond motifs is 1. The standard InChI is InChI=1S/C26H22ClF3N2O/c27-20-12-10-18(11-13-20)14-15-31-24(19-6-2-1-3-7-19)25(33)22-16-32(17-26(28,29)30)23-9-5-4-8-21(22)23/h1-13,16,24,31H,14-15,17H2/t24-/m0/s1. The van der Waals surface area contributed by atoms with E-state index in [0.29, 0.717) is 28.9 Å². The highest BCUT2D eigenvalue weighted by molar-refractivity contribution is 6.30. The van der Waals surface area contributed by atoms with Gasteiger partial charge in [-0.15, -0.1) is 0 Å². The number of carbonyl (C=O) groups is 1. The summed E-state index contributed by atoms with van der Waals surface area (Å²) < 4.78 is 40.5. The van der Waals surface area contributed by atoms with Crippen LogP contribution in [0.4, 0.5) is 13.2 Å². The van der Waals surface area contributed by atoms with Gasteiger partial charge in [0.15, 0.2) is 5.78 Å². The number of benzene rings is 3. The van der Waals surface area contributed by atoms with Crippen LogP contribution in [0.1, 0.15) is 27.5 Å². The quantitative estimate of drug-likeness (QED) is 0.294. The number of rotatable bonds is 8. The lowest BCUT2D eigenvalue weighted by atomic mass is 9.96. The van der Waals surface area contributed by atoms with Crippen molar-refractivity contribution in [1.29, 1.82) is 0 Å². The molecule has 0 spiro atoms. The Morgan fingerprint density at radius 2 is 1.61 bits per heavy atom. The molecule has 0 amide bonds. The van der Waals surface area contributed by atoms with Crippen LogP contribution in [0.3, 0.4) is 0 Å². The number of hydrogen-bond acceptors (Lipinski definition) is 2. The van der Waals surface area contributed by atoms with Gasteiger partial charge in [-0.1, -0.05) is 72.3 Å². The Hall–Kier alpha value is -3.09. The maximum atomic E-state index is 13.7. The molecule has 3 nitrogen and oxygen atoms in total. The fraction of sp³-hybridized carbons (Fsp3) is 0.192. The van der Waals surface area contributed by atoms with Crippen LogP contribution in [0, 0.1) is 0 Å². The van der Waals surface area contributed by atoms with E-state index in [0.717, 1.165) is 15.7 Å². The van der Waals surface area contributed by atoms with Crippen molar-refractivity contribution in [3.05, 3.63) is 107 Å². The van der Waals surface area contributed by atoms with Gasteiger partial charge < -0.3 is 9.88 Å². The van der Waals surface area contributed by atoms with Crippen molar-refractivity contribution in [3.63, 3.8) is 0 Å². The highest BCUT2D eigenvalue weighted by atomic mass is 35.5. The predicted molar refractivity (Wildman–Crippen MR) is 125 cm³/mol. The monoisotopic (exact) mass is 470 g/mol. The highest BCUT2D eigenvalue weighted by Gasteiger charge is 2.31. The molecule has 0 fully saturated rings. The zero-order valence-corrected chi connectivity index (χ0v) is 18.4. The number of Topliss-reactive ketones (excluding diaryl/α,β-unsaturated/α-hetero) is 1. The van der Waals surface area contributed by atoms with Gasteiger partial charge in [-0.05, 0) is 35.7 Å². The van der Waals surface area contributed by atoms with E-state index in [1.54, 1.807) is 24.3 Å². The Morgan fingerprint density at radius 1 is 0.939 bits per heavy atom. The third-order valence-corrected chi connectivity index (χ3v) is 5.73. The van der Waals surface area contributed by atoms with Crippen LogP contribution in [-0.2, 0) is 13.0 Å². The zero-order chi connectivity index (χ0) is 23.4. The molecule has 1 heterocycles. The third-order valence-electron chi connectivity index (χ3n) is 5.47. The molecule has 0 bridgehead atoms. The summed E-state index contributed by atoms with van der Waals surface area (Å²) in [6, 6.07) is 22.7. The molecule has 7 heteroatoms. The van der Waals surface area contributed by atoms with Crippen molar-refractivity contribution in [2.75, 3.05) is 6.54 Å². The molecule has 0 aliphatic rings. The minimum Gasteiger partial charge on any atom is -0.338 e. The first-order valence-electron chi connectivity index (χ1n) is 10.5. The maximum Gasteiger partial charge on any atom is 0.406 e. The molecule has 0 radical (unpaired) electrons. The van der Waals surface area contributed by atoms with E-state index in [-0.39, 0.29) is 11.3 Å². The number of carbonyl (C=O) groups excluding carboxylic acids is 1. The summed E-state index contributed by atoms with van der Waals surface area (Å²) in [6.07, 6.45) is -2.40. The fourth-order valence-corrected chi connectivity index (χ4v) is 4.07. The summed E-state index contributed by atoms with van der Waals surface area (Å²) in [6.45, 7) is -0.644. The van der Waals surface area contributed by atoms with E-state index >= 15 is 0 Å². The summed E-state index contributed by atoms with van der Waals surface area (Å²) in [5.74, 6) is -0.269. The minimum absolute atomic E-state index is 0.266. The van der Waals surface area contributed by atoms with E-state index in [1.165, 1.54) is 6.20 Å². The van der Waals surface area contributed by atoms with E-state index in [2.05, 4.69) is 5.32 Å². The Labute approximate surface area is 194 Å². The number of nitrogens with one attached hydrogen (secondary N) is 1. The largest absolute Gasteiger partial charge is 0.406 e. The Bertz CT molecular complexity index is 1230. The third kappa shape index (κ3) is 5.64. The van der Waals surface area contributed by atoms with Gasteiger partial charge in [0.2, 0.25) is 0 Å². The van der Waals surface area contributed by atoms with Gasteiger partial charge in [0.25, 0.3) is 0 Å². The number of ketones is 1. The van der Waals surface area contributed by atoms with Gasteiger partial charge in [0, 0.05) is 34.2 Å². The van der Waals surface area contributed by atoms with Gasteiger partial charge in [0.05, 0.1) is 6.04 Å². The second-order valence-electron chi connectivity index (χ2n) is 7.84. The van der Waals surface area contributed by atoms with Crippen LogP contribution in [-0.4, -0.2) is 23.1 Å². The molecule has 1 N–H and O–H groups in total. The molecule has 1 atom stereocenters. The zero-order valence-electron chi connectivity index (χ0n) is 17.6. The summed E-state index contributed by atoms with van der Waals surface area (Å²) >= 11 is 5.94. The molecule has 0 aliphatic heterocycles. The molecule has 0 unspecified atom stereocenters. The number of hydrogen-bond donors (Lipinski definition) is 1. The van der Waals surface area contributed by atoms with E-state index in [4.69, 9.17) is 11.6 Å². The number of nitrogens with zero attached hydrogens (tertiary/aromatic N) is 1. The van der Waals surface area contributed by atoms with E-state index in [1.807, 2.05) is 54.6 Å². The lowest BCUT2D eigenvalue weighted by Gasteiger charge is -2.18. The molecule has 33 heavy (non-hydrogen) atoms. The predicted octanol–water partition coefficient (Wildman–Crippen LogP) is 6.61. The molecule has 3 aromatic carbocycles. The van der Waals surface area contributed by atoms with Crippen molar-refractivity contribution in [1.82, 2.24) is 9.88 Å². The second kappa shape index (κ2) is 9.81. The van der Waals surface area contributed by atoms with Gasteiger partial charge >= 0.3 is 6.18 Å². The summed E-state index contributed by atoms with van der Waals surface area (Å²) in [4.78, 5) is 13.7. The van der Waals surface area contributed by atoms with Gasteiger partial charge in [-0.25, -0.2) is 0 Å². The average Bonchev–Trinajstić information content (AvgIpc) is 3.15. The van der Waals surface area contributed by atoms with E-state index < -0.39 is 18.8 Å². The molecule has 170 valence electrons. The molecule has 1 aromatic heterocycles. The van der Waals surface area contributed by atoms with Crippen LogP contribution in [0.2, 0.25) is 5.02 Å². The number of alkyl halides is 3. The average molecular weight is 471 g/mol. The van der Waals surface area contributed by atoms with Crippen LogP contribution in [0.15, 0.2) is 85.1 Å². The first-order valence-corrected chi connectivity index (χ1v) is 10.9. The first-order chi connectivity index (χ1) is 15.8. The van der Waals surface area contributed by atoms with Crippen LogP contribution in [0.25, 0.3) is 10.9 Å². The summed E-state index contributed by atoms with van der Waals surface area (Å²) in [5, 5.41) is 4.46. The van der Waals surface area contributed by atoms with E-state index in [9.17, 15) is 18.0 Å². The van der Waals surface area contributed by atoms with Crippen LogP contribution in [0.5, 0.6) is 0 Å². The number of aromatic nitrogens is 1. The molecule has 4 rings (SSSR count). The normalized spacial score (nSPS) is 12.7. The smallest absolute Gasteiger partial charge is 0.338 e. The van der Waals surface area contributed by atoms with Crippen LogP contribution < -0.4 is 5.32 Å². The molecule has 4 aromatic rings. The topological polar surface area (TPSA) is 34.0 Å². The van der Waals surface area contributed by atoms with Gasteiger partial charge in [-0.3, -0.25) is 4.79 Å². The molecule has 0 saturated heterocycles. The van der Waals surface area contributed by atoms with Gasteiger partial charge in [-0.2, -0.15) is 13.2 Å². The summed E-state index contributed by atoms with van der Waals surface area (Å²) in [7, 11) is 0. The molecule has 0 aliphatic carbocycles. The Morgan fingerprint density at radius 3 is 2.30 bits per heavy atom. The maximum absolute atomic E-state index is 13.7. The first kappa shape index (κ1) is 23.1. The minimum atomic E-state index is -4.39. The highest BCUT2D eigenvalue weighted by Crippen LogP contribution is 2.29. The Kier molecular flexibility index (Phi) is 6.86. The number of halogens is 4. The summed E-state index contributed by atoms with van der Waals surface area (Å²) in [5.41, 5.74) is 2.47. The molecular weight excluding hydrogens is 449 g/mol. The molecule has 0 saturated carbocycles. The Balaban J connectivity index is 1.64. The van der Waals surface area contributed by atoms with Crippen molar-refractivity contribution in [3.8, 4) is 0 Å². The van der Waals surface area contributed by atoms with Crippen molar-refractivity contribution < 1.29 is 18.0 Å². The SMILES string of the molecule is O=C(c1cn(CC(F)(F)F)c2ccccc12)[C@@H](NCCc1ccc(Cl)cc1)c1ccccc1. The fourth-order valence-electron chi connectivity index (χ4n) is 3.94. The van der Waals surface area contributed by atoms with Crippen LogP contribution >= 0.6 is 11.6 Å². The second-order valence-corrected chi connectivity index (χ2v) is 8.28. The number of para-hydroxylation sites is 1. The lowest BCUT2D eigenvalue weighted by molar-refractivity contribution is -0.139. The van der Waals surface area contributed by atoms with Crippen molar-refractivity contribution in [2.45, 2.75) is 25.2 Å². The van der Waals surface area contributed by atoms with Gasteiger partial charge in [0.1, 0.15) is 6.54 Å². The van der Waals surface area contributed by atoms with Crippen molar-refractivity contribution in [2.24, 2.45) is 0 Å². The van der Waals surface area contributed by atoms with Crippen molar-refractivity contribution >= 4 is 28.3 Å². The lowest BCUT2D eigenvalue weighted by Crippen LogP contribution is -2.30. The molecular formula is C26H22ClF3N2O.